The second-order valence-electron chi connectivity index (χ2n) is 9.94. The predicted molar refractivity (Wildman–Crippen MR) is 155 cm³/mol. The third kappa shape index (κ3) is 8.08. The number of hydrogen-bond acceptors (Lipinski definition) is 4. The van der Waals surface area contributed by atoms with Crippen LogP contribution in [0.2, 0.25) is 0 Å². The van der Waals surface area contributed by atoms with Gasteiger partial charge in [-0.2, -0.15) is 0 Å². The minimum absolute atomic E-state index is 0. The monoisotopic (exact) mass is 548 g/mol. The number of β-amino-alcohol motifs (C(OH)–C–C–N with tert-alkyl or cyclic N) is 1. The van der Waals surface area contributed by atoms with Crippen LogP contribution in [0.1, 0.15) is 52.1 Å². The summed E-state index contributed by atoms with van der Waals surface area (Å²) < 4.78 is 19.1. The van der Waals surface area contributed by atoms with Crippen molar-refractivity contribution in [3.63, 3.8) is 0 Å². The summed E-state index contributed by atoms with van der Waals surface area (Å²) in [7, 11) is 0. The van der Waals surface area contributed by atoms with Crippen molar-refractivity contribution < 1.29 is 14.2 Å². The molecule has 0 spiro atoms. The normalized spacial score (nSPS) is 14.9. The van der Waals surface area contributed by atoms with Gasteiger partial charge in [-0.25, -0.2) is 4.39 Å². The van der Waals surface area contributed by atoms with E-state index in [0.717, 1.165) is 66.0 Å². The summed E-state index contributed by atoms with van der Waals surface area (Å²) >= 11 is 0. The lowest BCUT2D eigenvalue weighted by atomic mass is 9.88. The molecule has 3 N–H and O–H groups in total. The standard InChI is InChI=1S/C30H37FN2O2.2ClH/c1-20-16-29(21(2)22(3)30(20)32)35-19-28(34)18-33-14-12-26(13-15-33)25-8-4-23(5-9-25)17-24-6-10-27(31)11-7-24;;/h4-11,16,26,28,34H,12-15,17-19,32H2,1-3H3;2*1H/t28-;;/m0../s1. The van der Waals surface area contributed by atoms with Gasteiger partial charge in [0.05, 0.1) is 0 Å². The van der Waals surface area contributed by atoms with Gasteiger partial charge in [-0.3, -0.25) is 0 Å². The minimum Gasteiger partial charge on any atom is -0.491 e. The number of aliphatic hydroxyl groups excluding tert-OH is 1. The summed E-state index contributed by atoms with van der Waals surface area (Å²) in [5, 5.41) is 10.6. The van der Waals surface area contributed by atoms with Gasteiger partial charge >= 0.3 is 0 Å². The highest BCUT2D eigenvalue weighted by molar-refractivity contribution is 5.85. The van der Waals surface area contributed by atoms with Crippen LogP contribution in [0.25, 0.3) is 0 Å². The molecule has 0 unspecified atom stereocenters. The zero-order valence-corrected chi connectivity index (χ0v) is 23.5. The van der Waals surface area contributed by atoms with Crippen molar-refractivity contribution in [2.24, 2.45) is 0 Å². The molecule has 1 fully saturated rings. The quantitative estimate of drug-likeness (QED) is 0.320. The van der Waals surface area contributed by atoms with Crippen molar-refractivity contribution in [3.05, 3.63) is 93.8 Å². The molecule has 1 heterocycles. The van der Waals surface area contributed by atoms with Gasteiger partial charge in [0.2, 0.25) is 0 Å². The number of likely N-dealkylation sites (tertiary alicyclic amines) is 1. The molecular formula is C30H39Cl2FN2O2. The first-order valence-electron chi connectivity index (χ1n) is 12.5. The van der Waals surface area contributed by atoms with E-state index in [2.05, 4.69) is 29.2 Å². The average Bonchev–Trinajstić information content (AvgIpc) is 2.86. The number of piperidine rings is 1. The fourth-order valence-corrected chi connectivity index (χ4v) is 4.95. The van der Waals surface area contributed by atoms with E-state index in [-0.39, 0.29) is 37.2 Å². The van der Waals surface area contributed by atoms with Crippen LogP contribution in [0, 0.1) is 26.6 Å². The van der Waals surface area contributed by atoms with E-state index in [4.69, 9.17) is 10.5 Å². The van der Waals surface area contributed by atoms with Crippen LogP contribution in [0.15, 0.2) is 54.6 Å². The van der Waals surface area contributed by atoms with Crippen molar-refractivity contribution in [3.8, 4) is 5.75 Å². The van der Waals surface area contributed by atoms with Crippen LogP contribution in [0.5, 0.6) is 5.75 Å². The molecule has 1 saturated heterocycles. The Balaban J connectivity index is 0.00000241. The number of anilines is 1. The maximum atomic E-state index is 13.1. The van der Waals surface area contributed by atoms with Crippen molar-refractivity contribution in [1.82, 2.24) is 4.90 Å². The molecular weight excluding hydrogens is 510 g/mol. The minimum atomic E-state index is -0.533. The Kier molecular flexibility index (Phi) is 11.7. The molecule has 7 heteroatoms. The van der Waals surface area contributed by atoms with E-state index in [1.54, 1.807) is 0 Å². The lowest BCUT2D eigenvalue weighted by Crippen LogP contribution is -2.40. The van der Waals surface area contributed by atoms with E-state index < -0.39 is 6.10 Å². The Morgan fingerprint density at radius 3 is 2.11 bits per heavy atom. The van der Waals surface area contributed by atoms with E-state index in [9.17, 15) is 9.50 Å². The van der Waals surface area contributed by atoms with Crippen LogP contribution in [-0.2, 0) is 6.42 Å². The maximum Gasteiger partial charge on any atom is 0.123 e. The molecule has 3 aromatic rings. The van der Waals surface area contributed by atoms with Crippen LogP contribution in [0.4, 0.5) is 10.1 Å². The lowest BCUT2D eigenvalue weighted by Gasteiger charge is -2.33. The van der Waals surface area contributed by atoms with E-state index in [1.165, 1.54) is 23.3 Å². The van der Waals surface area contributed by atoms with Gasteiger partial charge in [-0.15, -0.1) is 24.8 Å². The molecule has 1 aliphatic heterocycles. The number of benzene rings is 3. The number of nitrogens with two attached hydrogens (primary N) is 1. The number of hydrogen-bond donors (Lipinski definition) is 2. The largest absolute Gasteiger partial charge is 0.491 e. The molecule has 0 bridgehead atoms. The van der Waals surface area contributed by atoms with Crippen LogP contribution >= 0.6 is 24.8 Å². The molecule has 0 amide bonds. The molecule has 202 valence electrons. The zero-order valence-electron chi connectivity index (χ0n) is 21.9. The average molecular weight is 550 g/mol. The molecule has 0 radical (unpaired) electrons. The molecule has 3 aromatic carbocycles. The second-order valence-corrected chi connectivity index (χ2v) is 9.94. The van der Waals surface area contributed by atoms with E-state index >= 15 is 0 Å². The van der Waals surface area contributed by atoms with Gasteiger partial charge in [-0.05, 0) is 111 Å². The first-order valence-corrected chi connectivity index (χ1v) is 12.5. The fraction of sp³-hybridized carbons (Fsp3) is 0.400. The lowest BCUT2D eigenvalue weighted by molar-refractivity contribution is 0.0592. The molecule has 0 saturated carbocycles. The predicted octanol–water partition coefficient (Wildman–Crippen LogP) is 6.39. The topological polar surface area (TPSA) is 58.7 Å². The zero-order chi connectivity index (χ0) is 24.9. The summed E-state index contributed by atoms with van der Waals surface area (Å²) in [6, 6.07) is 17.5. The summed E-state index contributed by atoms with van der Waals surface area (Å²) in [4.78, 5) is 2.33. The number of nitrogen functional groups attached to an aromatic ring is 1. The Bertz CT molecular complexity index is 1130. The molecule has 1 atom stereocenters. The van der Waals surface area contributed by atoms with Crippen LogP contribution in [-0.4, -0.2) is 42.4 Å². The highest BCUT2D eigenvalue weighted by Gasteiger charge is 2.22. The number of aliphatic hydroxyl groups is 1. The second kappa shape index (κ2) is 14.0. The highest BCUT2D eigenvalue weighted by atomic mass is 35.5. The number of ether oxygens (including phenoxy) is 1. The van der Waals surface area contributed by atoms with Gasteiger partial charge in [0.15, 0.2) is 0 Å². The van der Waals surface area contributed by atoms with Crippen molar-refractivity contribution in [2.75, 3.05) is 32.0 Å². The Morgan fingerprint density at radius 2 is 1.51 bits per heavy atom. The molecule has 4 rings (SSSR count). The van der Waals surface area contributed by atoms with Crippen molar-refractivity contribution in [1.29, 1.82) is 0 Å². The number of nitrogens with zero attached hydrogens (tertiary/aromatic N) is 1. The number of rotatable bonds is 8. The summed E-state index contributed by atoms with van der Waals surface area (Å²) in [5.41, 5.74) is 13.7. The van der Waals surface area contributed by atoms with Gasteiger partial charge in [0.1, 0.15) is 24.3 Å². The van der Waals surface area contributed by atoms with E-state index in [0.29, 0.717) is 12.5 Å². The number of halogens is 3. The van der Waals surface area contributed by atoms with Crippen LogP contribution in [0.3, 0.4) is 0 Å². The number of aryl methyl sites for hydroxylation is 1. The highest BCUT2D eigenvalue weighted by Crippen LogP contribution is 2.30. The molecule has 4 nitrogen and oxygen atoms in total. The van der Waals surface area contributed by atoms with E-state index in [1.807, 2.05) is 39.0 Å². The van der Waals surface area contributed by atoms with Crippen LogP contribution < -0.4 is 10.5 Å². The smallest absolute Gasteiger partial charge is 0.123 e. The molecule has 0 aliphatic carbocycles. The SMILES string of the molecule is Cc1cc(OC[C@@H](O)CN2CCC(c3ccc(Cc4ccc(F)cc4)cc3)CC2)c(C)c(C)c1N.Cl.Cl. The Labute approximate surface area is 232 Å². The Morgan fingerprint density at radius 1 is 0.946 bits per heavy atom. The Hall–Kier alpha value is -2.31. The molecule has 1 aliphatic rings. The van der Waals surface area contributed by atoms with Crippen molar-refractivity contribution in [2.45, 2.75) is 52.1 Å². The summed E-state index contributed by atoms with van der Waals surface area (Å²) in [5.74, 6) is 1.15. The van der Waals surface area contributed by atoms with Gasteiger partial charge < -0.3 is 20.5 Å². The fourth-order valence-electron chi connectivity index (χ4n) is 4.95. The van der Waals surface area contributed by atoms with Gasteiger partial charge in [0, 0.05) is 12.2 Å². The summed E-state index contributed by atoms with van der Waals surface area (Å²) in [6.07, 6.45) is 2.45. The first kappa shape index (κ1) is 30.9. The maximum absolute atomic E-state index is 13.1. The molecule has 37 heavy (non-hydrogen) atoms. The summed E-state index contributed by atoms with van der Waals surface area (Å²) in [6.45, 7) is 8.83. The third-order valence-electron chi connectivity index (χ3n) is 7.37. The van der Waals surface area contributed by atoms with Gasteiger partial charge in [0.25, 0.3) is 0 Å². The van der Waals surface area contributed by atoms with Crippen molar-refractivity contribution >= 4 is 30.5 Å². The first-order chi connectivity index (χ1) is 16.8. The van der Waals surface area contributed by atoms with Gasteiger partial charge in [-0.1, -0.05) is 36.4 Å². The third-order valence-corrected chi connectivity index (χ3v) is 7.37. The molecule has 0 aromatic heterocycles.